The first kappa shape index (κ1) is 25.9. The van der Waals surface area contributed by atoms with Gasteiger partial charge in [-0.05, 0) is 48.0 Å². The maximum Gasteiger partial charge on any atom is 0.262 e. The van der Waals surface area contributed by atoms with Crippen LogP contribution in [-0.2, 0) is 4.74 Å². The minimum Gasteiger partial charge on any atom is -0.479 e. The molecule has 0 fully saturated rings. The monoisotopic (exact) mass is 537 g/mol. The lowest BCUT2D eigenvalue weighted by atomic mass is 9.81. The summed E-state index contributed by atoms with van der Waals surface area (Å²) in [6, 6.07) is 36.4. The van der Waals surface area contributed by atoms with Gasteiger partial charge in [0.05, 0.1) is 23.8 Å². The lowest BCUT2D eigenvalue weighted by Gasteiger charge is -2.38. The summed E-state index contributed by atoms with van der Waals surface area (Å²) in [6.07, 6.45) is 0. The Morgan fingerprint density at radius 1 is 0.711 bits per heavy atom. The van der Waals surface area contributed by atoms with Gasteiger partial charge < -0.3 is 4.74 Å². The number of imide groups is 1. The van der Waals surface area contributed by atoms with Gasteiger partial charge in [0, 0.05) is 11.2 Å². The molecule has 4 aromatic carbocycles. The summed E-state index contributed by atoms with van der Waals surface area (Å²) in [5.74, 6) is -0.902. The second-order valence-electron chi connectivity index (χ2n) is 8.95. The Morgan fingerprint density at radius 2 is 1.16 bits per heavy atom. The quantitative estimate of drug-likeness (QED) is 0.171. The number of hydrogen-bond donors (Lipinski definition) is 0. The van der Waals surface area contributed by atoms with Crippen LogP contribution >= 0.6 is 24.0 Å². The molecule has 3 atom stereocenters. The van der Waals surface area contributed by atoms with Crippen LogP contribution in [0.5, 0.6) is 0 Å². The zero-order valence-electron chi connectivity index (χ0n) is 20.9. The molecule has 0 bridgehead atoms. The molecule has 0 N–H and O–H groups in total. The third kappa shape index (κ3) is 5.15. The van der Waals surface area contributed by atoms with Crippen LogP contribution in [0.4, 0.5) is 0 Å². The molecule has 38 heavy (non-hydrogen) atoms. The summed E-state index contributed by atoms with van der Waals surface area (Å²) >= 11 is 7.09. The minimum absolute atomic E-state index is 0.243. The van der Waals surface area contributed by atoms with E-state index in [0.717, 1.165) is 16.7 Å². The Labute approximate surface area is 232 Å². The number of carbonyl (C=O) groups is 2. The van der Waals surface area contributed by atoms with Gasteiger partial charge in [-0.15, -0.1) is 0 Å². The summed E-state index contributed by atoms with van der Waals surface area (Å²) in [6.45, 7) is 2.37. The van der Waals surface area contributed by atoms with Crippen molar-refractivity contribution in [3.63, 3.8) is 0 Å². The van der Waals surface area contributed by atoms with Crippen molar-refractivity contribution in [1.29, 1.82) is 0 Å². The fourth-order valence-corrected chi connectivity index (χ4v) is 6.64. The van der Waals surface area contributed by atoms with Crippen LogP contribution in [0.3, 0.4) is 0 Å². The van der Waals surface area contributed by atoms with E-state index in [1.807, 2.05) is 73.7 Å². The van der Waals surface area contributed by atoms with Crippen LogP contribution in [0.25, 0.3) is 0 Å². The van der Waals surface area contributed by atoms with Crippen LogP contribution in [-0.4, -0.2) is 27.7 Å². The van der Waals surface area contributed by atoms with Crippen molar-refractivity contribution in [2.75, 3.05) is 6.61 Å². The van der Waals surface area contributed by atoms with Crippen molar-refractivity contribution in [2.45, 2.75) is 24.1 Å². The first-order chi connectivity index (χ1) is 18.6. The minimum atomic E-state index is -0.590. The average Bonchev–Trinajstić information content (AvgIpc) is 3.21. The van der Waals surface area contributed by atoms with E-state index < -0.39 is 6.04 Å². The van der Waals surface area contributed by atoms with Crippen molar-refractivity contribution in [1.82, 2.24) is 4.90 Å². The SMILES string of the molecule is CCOC(=S)S[C@H](c1ccccc1)[C@H](c1ccccc1)[C@H](c1ccccc1)N1C(=O)c2ccccc2C1=O. The summed E-state index contributed by atoms with van der Waals surface area (Å²) in [5, 5.41) is -0.243. The van der Waals surface area contributed by atoms with Crippen LogP contribution in [0, 0.1) is 0 Å². The van der Waals surface area contributed by atoms with E-state index in [0.29, 0.717) is 22.1 Å². The number of benzene rings is 4. The summed E-state index contributed by atoms with van der Waals surface area (Å²) in [5.41, 5.74) is 3.77. The predicted molar refractivity (Wildman–Crippen MR) is 156 cm³/mol. The van der Waals surface area contributed by atoms with E-state index >= 15 is 0 Å². The largest absolute Gasteiger partial charge is 0.479 e. The van der Waals surface area contributed by atoms with Gasteiger partial charge in [0.2, 0.25) is 4.38 Å². The van der Waals surface area contributed by atoms with Gasteiger partial charge in [-0.3, -0.25) is 14.5 Å². The lowest BCUT2D eigenvalue weighted by Crippen LogP contribution is -2.39. The number of hydrogen-bond acceptors (Lipinski definition) is 5. The Hall–Kier alpha value is -3.74. The summed E-state index contributed by atoms with van der Waals surface area (Å²) in [4.78, 5) is 29.2. The molecule has 5 rings (SSSR count). The maximum atomic E-state index is 13.9. The molecule has 0 saturated heterocycles. The molecule has 6 heteroatoms. The van der Waals surface area contributed by atoms with Gasteiger partial charge in [-0.1, -0.05) is 115 Å². The number of rotatable bonds is 8. The van der Waals surface area contributed by atoms with E-state index in [9.17, 15) is 9.59 Å². The first-order valence-corrected chi connectivity index (χ1v) is 13.8. The molecular formula is C32H27NO3S2. The number of amides is 2. The normalized spacial score (nSPS) is 15.0. The average molecular weight is 538 g/mol. The molecule has 2 amide bonds. The standard InChI is InChI=1S/C32H27NO3S2/c1-2-36-32(37)38-29(24-18-10-5-11-19-24)27(22-14-6-3-7-15-22)28(23-16-8-4-9-17-23)33-30(34)25-20-12-13-21-26(25)31(33)35/h3-21,27-29H,2H2,1H3/t27-,28+,29-/m1/s1. The molecule has 1 aliphatic heterocycles. The number of fused-ring (bicyclic) bond motifs is 1. The van der Waals surface area contributed by atoms with Gasteiger partial charge >= 0.3 is 0 Å². The number of nitrogens with zero attached hydrogens (tertiary/aromatic N) is 1. The van der Waals surface area contributed by atoms with Crippen molar-refractivity contribution >= 4 is 40.2 Å². The zero-order chi connectivity index (χ0) is 26.5. The van der Waals surface area contributed by atoms with E-state index in [-0.39, 0.29) is 23.0 Å². The molecule has 0 radical (unpaired) electrons. The Bertz CT molecular complexity index is 1390. The fraction of sp³-hybridized carbons (Fsp3) is 0.156. The maximum absolute atomic E-state index is 13.9. The third-order valence-corrected chi connectivity index (χ3v) is 8.25. The van der Waals surface area contributed by atoms with Crippen molar-refractivity contribution < 1.29 is 14.3 Å². The number of ether oxygens (including phenoxy) is 1. The zero-order valence-corrected chi connectivity index (χ0v) is 22.5. The van der Waals surface area contributed by atoms with Gasteiger partial charge in [0.25, 0.3) is 11.8 Å². The molecule has 0 aromatic heterocycles. The van der Waals surface area contributed by atoms with Gasteiger partial charge in [0.15, 0.2) is 0 Å². The molecule has 1 heterocycles. The Balaban J connectivity index is 1.73. The second-order valence-corrected chi connectivity index (χ2v) is 10.7. The predicted octanol–water partition coefficient (Wildman–Crippen LogP) is 7.60. The van der Waals surface area contributed by atoms with Crippen LogP contribution in [0.15, 0.2) is 115 Å². The van der Waals surface area contributed by atoms with Gasteiger partial charge in [0.1, 0.15) is 0 Å². The topological polar surface area (TPSA) is 46.6 Å². The Kier molecular flexibility index (Phi) is 8.01. The van der Waals surface area contributed by atoms with Gasteiger partial charge in [-0.25, -0.2) is 0 Å². The number of thioether (sulfide) groups is 1. The van der Waals surface area contributed by atoms with E-state index in [1.54, 1.807) is 24.3 Å². The highest BCUT2D eigenvalue weighted by atomic mass is 32.2. The van der Waals surface area contributed by atoms with E-state index in [4.69, 9.17) is 17.0 Å². The number of thiocarbonyl (C=S) groups is 1. The summed E-state index contributed by atoms with van der Waals surface area (Å²) in [7, 11) is 0. The third-order valence-electron chi connectivity index (χ3n) is 6.71. The molecule has 0 spiro atoms. The van der Waals surface area contributed by atoms with Crippen LogP contribution < -0.4 is 0 Å². The fourth-order valence-electron chi connectivity index (χ4n) is 5.07. The summed E-state index contributed by atoms with van der Waals surface area (Å²) < 4.78 is 6.16. The highest BCUT2D eigenvalue weighted by molar-refractivity contribution is 8.22. The van der Waals surface area contributed by atoms with Crippen molar-refractivity contribution in [3.05, 3.63) is 143 Å². The highest BCUT2D eigenvalue weighted by Crippen LogP contribution is 2.52. The van der Waals surface area contributed by atoms with E-state index in [1.165, 1.54) is 16.7 Å². The Morgan fingerprint density at radius 3 is 1.66 bits per heavy atom. The van der Waals surface area contributed by atoms with Crippen molar-refractivity contribution in [2.24, 2.45) is 0 Å². The van der Waals surface area contributed by atoms with Gasteiger partial charge in [-0.2, -0.15) is 0 Å². The molecule has 190 valence electrons. The molecule has 0 saturated carbocycles. The second kappa shape index (κ2) is 11.8. The smallest absolute Gasteiger partial charge is 0.262 e. The lowest BCUT2D eigenvalue weighted by molar-refractivity contribution is 0.0554. The van der Waals surface area contributed by atoms with Crippen LogP contribution in [0.2, 0.25) is 0 Å². The molecule has 0 unspecified atom stereocenters. The van der Waals surface area contributed by atoms with E-state index in [2.05, 4.69) is 24.3 Å². The molecular weight excluding hydrogens is 510 g/mol. The molecule has 4 nitrogen and oxygen atoms in total. The molecule has 0 aliphatic carbocycles. The molecule has 4 aromatic rings. The first-order valence-electron chi connectivity index (χ1n) is 12.5. The molecule has 1 aliphatic rings. The van der Waals surface area contributed by atoms with Crippen molar-refractivity contribution in [3.8, 4) is 0 Å². The highest BCUT2D eigenvalue weighted by Gasteiger charge is 2.46. The number of carbonyl (C=O) groups excluding carboxylic acids is 2. The van der Waals surface area contributed by atoms with Crippen LogP contribution in [0.1, 0.15) is 61.5 Å².